The van der Waals surface area contributed by atoms with Crippen LogP contribution in [0.4, 0.5) is 11.5 Å². The second-order valence-electron chi connectivity index (χ2n) is 6.51. The normalized spacial score (nSPS) is 10.7. The zero-order chi connectivity index (χ0) is 19.9. The van der Waals surface area contributed by atoms with E-state index in [0.29, 0.717) is 13.0 Å². The zero-order valence-electron chi connectivity index (χ0n) is 16.1. The van der Waals surface area contributed by atoms with E-state index in [-0.39, 0.29) is 12.3 Å². The van der Waals surface area contributed by atoms with E-state index >= 15 is 0 Å². The van der Waals surface area contributed by atoms with E-state index in [9.17, 15) is 4.79 Å². The Hall–Kier alpha value is -3.19. The molecule has 3 rings (SSSR count). The minimum atomic E-state index is -0.375. The summed E-state index contributed by atoms with van der Waals surface area (Å²) in [4.78, 5) is 22.1. The Morgan fingerprint density at radius 1 is 1.11 bits per heavy atom. The number of hydroxylamine groups is 1. The SMILES string of the molecule is Cc1nc(N(C)c2ccc(OCCCCC(=O)NO)cc2)c2ccccc2n1. The van der Waals surface area contributed by atoms with Crippen LogP contribution in [0.25, 0.3) is 10.9 Å². The Morgan fingerprint density at radius 2 is 1.86 bits per heavy atom. The van der Waals surface area contributed by atoms with Crippen molar-refractivity contribution in [2.24, 2.45) is 0 Å². The van der Waals surface area contributed by atoms with Crippen molar-refractivity contribution in [3.63, 3.8) is 0 Å². The van der Waals surface area contributed by atoms with Gasteiger partial charge in [-0.15, -0.1) is 0 Å². The molecule has 0 spiro atoms. The maximum Gasteiger partial charge on any atom is 0.243 e. The fourth-order valence-corrected chi connectivity index (χ4v) is 2.95. The molecule has 7 nitrogen and oxygen atoms in total. The van der Waals surface area contributed by atoms with Gasteiger partial charge in [-0.05, 0) is 56.2 Å². The average Bonchev–Trinajstić information content (AvgIpc) is 2.72. The van der Waals surface area contributed by atoms with Gasteiger partial charge in [-0.1, -0.05) is 12.1 Å². The standard InChI is InChI=1S/C21H24N4O3/c1-15-22-19-8-4-3-7-18(19)21(23-15)25(2)16-10-12-17(13-11-16)28-14-6-5-9-20(26)24-27/h3-4,7-8,10-13,27H,5-6,9,14H2,1-2H3,(H,24,26). The monoisotopic (exact) mass is 380 g/mol. The van der Waals surface area contributed by atoms with Crippen molar-refractivity contribution in [3.05, 3.63) is 54.4 Å². The van der Waals surface area contributed by atoms with E-state index in [2.05, 4.69) is 9.97 Å². The van der Waals surface area contributed by atoms with E-state index in [0.717, 1.165) is 40.4 Å². The van der Waals surface area contributed by atoms with Crippen molar-refractivity contribution in [3.8, 4) is 5.75 Å². The number of aryl methyl sites for hydroxylation is 1. The van der Waals surface area contributed by atoms with Crippen LogP contribution in [0.2, 0.25) is 0 Å². The largest absolute Gasteiger partial charge is 0.494 e. The Labute approximate surface area is 163 Å². The topological polar surface area (TPSA) is 87.6 Å². The molecule has 0 saturated carbocycles. The minimum absolute atomic E-state index is 0.288. The predicted molar refractivity (Wildman–Crippen MR) is 108 cm³/mol. The van der Waals surface area contributed by atoms with Crippen molar-refractivity contribution in [1.82, 2.24) is 15.4 Å². The highest BCUT2D eigenvalue weighted by molar-refractivity contribution is 5.91. The van der Waals surface area contributed by atoms with Crippen LogP contribution in [-0.4, -0.2) is 34.7 Å². The maximum atomic E-state index is 11.0. The number of ether oxygens (including phenoxy) is 1. The third-order valence-corrected chi connectivity index (χ3v) is 4.43. The summed E-state index contributed by atoms with van der Waals surface area (Å²) in [5.41, 5.74) is 3.54. The summed E-state index contributed by atoms with van der Waals surface area (Å²) in [7, 11) is 1.98. The highest BCUT2D eigenvalue weighted by Crippen LogP contribution is 2.29. The number of benzene rings is 2. The quantitative estimate of drug-likeness (QED) is 0.351. The number of nitrogens with zero attached hydrogens (tertiary/aromatic N) is 3. The van der Waals surface area contributed by atoms with Gasteiger partial charge in [-0.25, -0.2) is 15.4 Å². The summed E-state index contributed by atoms with van der Waals surface area (Å²) in [5, 5.41) is 9.46. The molecule has 0 aliphatic heterocycles. The predicted octanol–water partition coefficient (Wildman–Crippen LogP) is 3.76. The number of para-hydroxylation sites is 1. The number of carbonyl (C=O) groups is 1. The van der Waals surface area contributed by atoms with Crippen molar-refractivity contribution in [2.75, 3.05) is 18.6 Å². The molecule has 0 atom stereocenters. The zero-order valence-corrected chi connectivity index (χ0v) is 16.1. The van der Waals surface area contributed by atoms with Gasteiger partial charge in [0.15, 0.2) is 0 Å². The number of unbranched alkanes of at least 4 members (excludes halogenated alkanes) is 1. The van der Waals surface area contributed by atoms with Crippen LogP contribution in [0.15, 0.2) is 48.5 Å². The van der Waals surface area contributed by atoms with Gasteiger partial charge >= 0.3 is 0 Å². The molecule has 28 heavy (non-hydrogen) atoms. The summed E-state index contributed by atoms with van der Waals surface area (Å²) < 4.78 is 5.71. The molecule has 1 heterocycles. The Morgan fingerprint density at radius 3 is 2.61 bits per heavy atom. The molecule has 0 aliphatic rings. The smallest absolute Gasteiger partial charge is 0.243 e. The highest BCUT2D eigenvalue weighted by atomic mass is 16.5. The van der Waals surface area contributed by atoms with Gasteiger partial charge < -0.3 is 9.64 Å². The number of anilines is 2. The first-order chi connectivity index (χ1) is 13.6. The second kappa shape index (κ2) is 9.14. The second-order valence-corrected chi connectivity index (χ2v) is 6.51. The molecule has 7 heteroatoms. The number of rotatable bonds is 8. The van der Waals surface area contributed by atoms with E-state index in [4.69, 9.17) is 9.94 Å². The molecule has 0 fully saturated rings. The molecule has 146 valence electrons. The lowest BCUT2D eigenvalue weighted by Crippen LogP contribution is -2.18. The van der Waals surface area contributed by atoms with Gasteiger partial charge in [0.25, 0.3) is 0 Å². The number of nitrogens with one attached hydrogen (secondary N) is 1. The van der Waals surface area contributed by atoms with Crippen molar-refractivity contribution < 1.29 is 14.7 Å². The summed E-state index contributed by atoms with van der Waals surface area (Å²) >= 11 is 0. The molecule has 3 aromatic rings. The summed E-state index contributed by atoms with van der Waals surface area (Å²) in [5.74, 6) is 1.99. The Bertz CT molecular complexity index is 944. The fraction of sp³-hybridized carbons (Fsp3) is 0.286. The van der Waals surface area contributed by atoms with Gasteiger partial charge in [0, 0.05) is 24.5 Å². The van der Waals surface area contributed by atoms with Crippen LogP contribution in [0.3, 0.4) is 0 Å². The summed E-state index contributed by atoms with van der Waals surface area (Å²) in [6, 6.07) is 15.8. The third kappa shape index (κ3) is 4.75. The van der Waals surface area contributed by atoms with Crippen molar-refractivity contribution in [1.29, 1.82) is 0 Å². The van der Waals surface area contributed by atoms with Crippen LogP contribution < -0.4 is 15.1 Å². The van der Waals surface area contributed by atoms with Gasteiger partial charge in [0.1, 0.15) is 17.4 Å². The number of aromatic nitrogens is 2. The van der Waals surface area contributed by atoms with Crippen LogP contribution in [0, 0.1) is 6.92 Å². The number of hydrogen-bond donors (Lipinski definition) is 2. The molecule has 1 aromatic heterocycles. The van der Waals surface area contributed by atoms with E-state index in [1.165, 1.54) is 0 Å². The lowest BCUT2D eigenvalue weighted by molar-refractivity contribution is -0.129. The van der Waals surface area contributed by atoms with Crippen molar-refractivity contribution in [2.45, 2.75) is 26.2 Å². The van der Waals surface area contributed by atoms with Gasteiger partial charge in [0.05, 0.1) is 12.1 Å². The van der Waals surface area contributed by atoms with Gasteiger partial charge in [-0.3, -0.25) is 10.0 Å². The Kier molecular flexibility index (Phi) is 6.39. The first kappa shape index (κ1) is 19.6. The minimum Gasteiger partial charge on any atom is -0.494 e. The Balaban J connectivity index is 1.64. The number of fused-ring (bicyclic) bond motifs is 1. The molecule has 2 aromatic carbocycles. The molecule has 0 unspecified atom stereocenters. The van der Waals surface area contributed by atoms with E-state index < -0.39 is 0 Å². The molecule has 0 aliphatic carbocycles. The van der Waals surface area contributed by atoms with Crippen LogP contribution in [-0.2, 0) is 4.79 Å². The lowest BCUT2D eigenvalue weighted by atomic mass is 10.2. The van der Waals surface area contributed by atoms with Crippen LogP contribution in [0.1, 0.15) is 25.1 Å². The molecular weight excluding hydrogens is 356 g/mol. The van der Waals surface area contributed by atoms with Crippen LogP contribution in [0.5, 0.6) is 5.75 Å². The highest BCUT2D eigenvalue weighted by Gasteiger charge is 2.12. The molecule has 2 N–H and O–H groups in total. The van der Waals surface area contributed by atoms with Gasteiger partial charge in [0.2, 0.25) is 5.91 Å². The average molecular weight is 380 g/mol. The summed E-state index contributed by atoms with van der Waals surface area (Å²) in [6.45, 7) is 2.41. The fourth-order valence-electron chi connectivity index (χ4n) is 2.95. The van der Waals surface area contributed by atoms with Crippen molar-refractivity contribution >= 4 is 28.3 Å². The van der Waals surface area contributed by atoms with Gasteiger partial charge in [-0.2, -0.15) is 0 Å². The van der Waals surface area contributed by atoms with E-state index in [1.54, 1.807) is 5.48 Å². The number of carbonyl (C=O) groups excluding carboxylic acids is 1. The molecule has 0 radical (unpaired) electrons. The number of amides is 1. The van der Waals surface area contributed by atoms with Crippen LogP contribution >= 0.6 is 0 Å². The molecular formula is C21H24N4O3. The molecule has 1 amide bonds. The van der Waals surface area contributed by atoms with E-state index in [1.807, 2.05) is 67.4 Å². The first-order valence-corrected chi connectivity index (χ1v) is 9.21. The third-order valence-electron chi connectivity index (χ3n) is 4.43. The maximum absolute atomic E-state index is 11.0. The number of hydrogen-bond acceptors (Lipinski definition) is 6. The molecule has 0 bridgehead atoms. The summed E-state index contributed by atoms with van der Waals surface area (Å²) in [6.07, 6.45) is 1.69. The lowest BCUT2D eigenvalue weighted by Gasteiger charge is -2.20. The first-order valence-electron chi connectivity index (χ1n) is 9.21. The molecule has 0 saturated heterocycles.